The van der Waals surface area contributed by atoms with Crippen molar-refractivity contribution in [1.82, 2.24) is 4.98 Å². The molecular formula is C15H14N2O2. The number of nitrogens with two attached hydrogens (primary N) is 1. The second-order valence-corrected chi connectivity index (χ2v) is 4.23. The summed E-state index contributed by atoms with van der Waals surface area (Å²) >= 11 is 0. The summed E-state index contributed by atoms with van der Waals surface area (Å²) in [6, 6.07) is 13.4. The summed E-state index contributed by atoms with van der Waals surface area (Å²) in [7, 11) is 1.63. The lowest BCUT2D eigenvalue weighted by Crippen LogP contribution is -1.94. The zero-order valence-corrected chi connectivity index (χ0v) is 10.6. The third kappa shape index (κ3) is 2.06. The smallest absolute Gasteiger partial charge is 0.231 e. The molecule has 1 aromatic heterocycles. The summed E-state index contributed by atoms with van der Waals surface area (Å²) in [6.07, 6.45) is 0. The molecule has 19 heavy (non-hydrogen) atoms. The fraction of sp³-hybridized carbons (Fsp3) is 0.133. The van der Waals surface area contributed by atoms with E-state index in [-0.39, 0.29) is 0 Å². The quantitative estimate of drug-likeness (QED) is 0.780. The highest BCUT2D eigenvalue weighted by atomic mass is 16.5. The molecule has 0 spiro atoms. The summed E-state index contributed by atoms with van der Waals surface area (Å²) in [5, 5.41) is 0. The third-order valence-electron chi connectivity index (χ3n) is 3.03. The van der Waals surface area contributed by atoms with Crippen molar-refractivity contribution in [3.05, 3.63) is 48.0 Å². The molecule has 3 aromatic rings. The number of rotatable bonds is 3. The SMILES string of the molecule is COc1ccccc1-c1nc2ccc(CN)cc2o1. The normalized spacial score (nSPS) is 10.8. The minimum atomic E-state index is 0.487. The molecule has 0 aliphatic heterocycles. The van der Waals surface area contributed by atoms with Gasteiger partial charge in [0.15, 0.2) is 5.58 Å². The van der Waals surface area contributed by atoms with Crippen molar-refractivity contribution in [2.75, 3.05) is 7.11 Å². The Balaban J connectivity index is 2.15. The Morgan fingerprint density at radius 1 is 1.21 bits per heavy atom. The largest absolute Gasteiger partial charge is 0.496 e. The molecular weight excluding hydrogens is 240 g/mol. The summed E-state index contributed by atoms with van der Waals surface area (Å²) in [5.74, 6) is 1.30. The molecule has 0 bridgehead atoms. The van der Waals surface area contributed by atoms with Gasteiger partial charge in [-0.1, -0.05) is 18.2 Å². The van der Waals surface area contributed by atoms with Crippen molar-refractivity contribution in [3.63, 3.8) is 0 Å². The van der Waals surface area contributed by atoms with E-state index in [9.17, 15) is 0 Å². The Hall–Kier alpha value is -2.33. The van der Waals surface area contributed by atoms with Gasteiger partial charge in [0.05, 0.1) is 12.7 Å². The second-order valence-electron chi connectivity index (χ2n) is 4.23. The van der Waals surface area contributed by atoms with Gasteiger partial charge in [0.2, 0.25) is 5.89 Å². The summed E-state index contributed by atoms with van der Waals surface area (Å²) in [4.78, 5) is 4.48. The average Bonchev–Trinajstić information content (AvgIpc) is 2.89. The van der Waals surface area contributed by atoms with Crippen LogP contribution in [-0.4, -0.2) is 12.1 Å². The first-order chi connectivity index (χ1) is 9.31. The van der Waals surface area contributed by atoms with E-state index in [0.717, 1.165) is 28.0 Å². The molecule has 0 unspecified atom stereocenters. The third-order valence-corrected chi connectivity index (χ3v) is 3.03. The molecule has 2 aromatic carbocycles. The zero-order chi connectivity index (χ0) is 13.2. The van der Waals surface area contributed by atoms with Gasteiger partial charge in [-0.3, -0.25) is 0 Å². The lowest BCUT2D eigenvalue weighted by Gasteiger charge is -2.03. The van der Waals surface area contributed by atoms with Crippen LogP contribution < -0.4 is 10.5 Å². The molecule has 96 valence electrons. The maximum atomic E-state index is 5.79. The maximum absolute atomic E-state index is 5.79. The van der Waals surface area contributed by atoms with Crippen LogP contribution in [0.3, 0.4) is 0 Å². The molecule has 0 aliphatic carbocycles. The van der Waals surface area contributed by atoms with E-state index in [1.54, 1.807) is 7.11 Å². The van der Waals surface area contributed by atoms with Crippen LogP contribution >= 0.6 is 0 Å². The number of hydrogen-bond donors (Lipinski definition) is 1. The monoisotopic (exact) mass is 254 g/mol. The van der Waals surface area contributed by atoms with Crippen molar-refractivity contribution in [3.8, 4) is 17.2 Å². The number of nitrogens with zero attached hydrogens (tertiary/aromatic N) is 1. The Morgan fingerprint density at radius 2 is 2.05 bits per heavy atom. The number of fused-ring (bicyclic) bond motifs is 1. The van der Waals surface area contributed by atoms with Gasteiger partial charge in [-0.2, -0.15) is 0 Å². The van der Waals surface area contributed by atoms with E-state index in [4.69, 9.17) is 14.9 Å². The number of methoxy groups -OCH3 is 1. The van der Waals surface area contributed by atoms with Gasteiger partial charge < -0.3 is 14.9 Å². The molecule has 1 heterocycles. The van der Waals surface area contributed by atoms with Gasteiger partial charge in [0, 0.05) is 6.54 Å². The van der Waals surface area contributed by atoms with Crippen LogP contribution in [0.25, 0.3) is 22.6 Å². The van der Waals surface area contributed by atoms with Gasteiger partial charge in [-0.25, -0.2) is 4.98 Å². The van der Waals surface area contributed by atoms with E-state index in [1.165, 1.54) is 0 Å². The van der Waals surface area contributed by atoms with E-state index in [0.29, 0.717) is 12.4 Å². The Bertz CT molecular complexity index is 719. The van der Waals surface area contributed by atoms with E-state index in [2.05, 4.69) is 4.98 Å². The van der Waals surface area contributed by atoms with Crippen LogP contribution in [0.5, 0.6) is 5.75 Å². The van der Waals surface area contributed by atoms with E-state index >= 15 is 0 Å². The van der Waals surface area contributed by atoms with Crippen LogP contribution in [0.15, 0.2) is 46.9 Å². The molecule has 4 heteroatoms. The molecule has 2 N–H and O–H groups in total. The first-order valence-corrected chi connectivity index (χ1v) is 6.05. The lowest BCUT2D eigenvalue weighted by atomic mass is 10.2. The summed E-state index contributed by atoms with van der Waals surface area (Å²) in [5.41, 5.74) is 9.05. The number of aromatic nitrogens is 1. The molecule has 0 atom stereocenters. The highest BCUT2D eigenvalue weighted by molar-refractivity contribution is 5.78. The first kappa shape index (κ1) is 11.7. The predicted molar refractivity (Wildman–Crippen MR) is 73.9 cm³/mol. The molecule has 0 amide bonds. The van der Waals surface area contributed by atoms with Gasteiger partial charge in [0.25, 0.3) is 0 Å². The number of ether oxygens (including phenoxy) is 1. The van der Waals surface area contributed by atoms with Gasteiger partial charge in [-0.05, 0) is 29.8 Å². The van der Waals surface area contributed by atoms with Crippen molar-refractivity contribution < 1.29 is 9.15 Å². The number of hydrogen-bond acceptors (Lipinski definition) is 4. The molecule has 0 saturated carbocycles. The van der Waals surface area contributed by atoms with E-state index in [1.807, 2.05) is 42.5 Å². The molecule has 0 radical (unpaired) electrons. The average molecular weight is 254 g/mol. The standard InChI is InChI=1S/C15H14N2O2/c1-18-13-5-3-2-4-11(13)15-17-12-7-6-10(9-16)8-14(12)19-15/h2-8H,9,16H2,1H3. The van der Waals surface area contributed by atoms with Gasteiger partial charge in [0.1, 0.15) is 11.3 Å². The Morgan fingerprint density at radius 3 is 2.84 bits per heavy atom. The molecule has 0 saturated heterocycles. The second kappa shape index (κ2) is 4.74. The first-order valence-electron chi connectivity index (χ1n) is 6.05. The number of benzene rings is 2. The zero-order valence-electron chi connectivity index (χ0n) is 10.6. The van der Waals surface area contributed by atoms with Crippen LogP contribution in [-0.2, 0) is 6.54 Å². The molecule has 3 rings (SSSR count). The lowest BCUT2D eigenvalue weighted by molar-refractivity contribution is 0.414. The summed E-state index contributed by atoms with van der Waals surface area (Å²) < 4.78 is 11.1. The molecule has 4 nitrogen and oxygen atoms in total. The van der Waals surface area contributed by atoms with Crippen molar-refractivity contribution in [2.45, 2.75) is 6.54 Å². The van der Waals surface area contributed by atoms with Crippen LogP contribution in [0.4, 0.5) is 0 Å². The fourth-order valence-corrected chi connectivity index (χ4v) is 2.03. The number of oxazole rings is 1. The maximum Gasteiger partial charge on any atom is 0.231 e. The van der Waals surface area contributed by atoms with Crippen LogP contribution in [0.1, 0.15) is 5.56 Å². The van der Waals surface area contributed by atoms with E-state index < -0.39 is 0 Å². The summed E-state index contributed by atoms with van der Waals surface area (Å²) in [6.45, 7) is 0.487. The minimum absolute atomic E-state index is 0.487. The highest BCUT2D eigenvalue weighted by Crippen LogP contribution is 2.31. The fourth-order valence-electron chi connectivity index (χ4n) is 2.03. The minimum Gasteiger partial charge on any atom is -0.496 e. The highest BCUT2D eigenvalue weighted by Gasteiger charge is 2.12. The van der Waals surface area contributed by atoms with Gasteiger partial charge in [-0.15, -0.1) is 0 Å². The number of para-hydroxylation sites is 1. The molecule has 0 aliphatic rings. The van der Waals surface area contributed by atoms with Crippen LogP contribution in [0.2, 0.25) is 0 Å². The van der Waals surface area contributed by atoms with Gasteiger partial charge >= 0.3 is 0 Å². The Kier molecular flexibility index (Phi) is 2.93. The van der Waals surface area contributed by atoms with Crippen LogP contribution in [0, 0.1) is 0 Å². The molecule has 0 fully saturated rings. The van der Waals surface area contributed by atoms with Crippen molar-refractivity contribution in [2.24, 2.45) is 5.73 Å². The van der Waals surface area contributed by atoms with Crippen molar-refractivity contribution >= 4 is 11.1 Å². The Labute approximate surface area is 110 Å². The predicted octanol–water partition coefficient (Wildman–Crippen LogP) is 2.96. The topological polar surface area (TPSA) is 61.3 Å². The van der Waals surface area contributed by atoms with Crippen molar-refractivity contribution in [1.29, 1.82) is 0 Å².